The summed E-state index contributed by atoms with van der Waals surface area (Å²) >= 11 is 0. The largest absolute Gasteiger partial charge is 0.496 e. The summed E-state index contributed by atoms with van der Waals surface area (Å²) in [5, 5.41) is 6.60. The molecule has 5 nitrogen and oxygen atoms in total. The standard InChI is InChI=1S/C25H20F3N3O2/c1-15-12-23(29-17-7-5-6-16(13-17)25(26,27)28)31-21-11-10-18(14-20(15)21)30-24(32)19-8-3-4-9-22(19)33-2/h3-14H,1-2H3,(H,29,31)(H,30,32). The van der Waals surface area contributed by atoms with Crippen LogP contribution in [0.15, 0.2) is 72.8 Å². The Kier molecular flexibility index (Phi) is 5.91. The van der Waals surface area contributed by atoms with Crippen molar-refractivity contribution < 1.29 is 22.7 Å². The summed E-state index contributed by atoms with van der Waals surface area (Å²) in [4.78, 5) is 17.2. The molecule has 1 amide bonds. The van der Waals surface area contributed by atoms with E-state index in [1.807, 2.05) is 6.92 Å². The number of benzene rings is 3. The molecule has 0 spiro atoms. The summed E-state index contributed by atoms with van der Waals surface area (Å²) in [6.45, 7) is 1.87. The smallest absolute Gasteiger partial charge is 0.416 e. The molecule has 0 aliphatic rings. The third-order valence-corrected chi connectivity index (χ3v) is 5.09. The summed E-state index contributed by atoms with van der Waals surface area (Å²) in [5.74, 6) is 0.587. The van der Waals surface area contributed by atoms with Crippen molar-refractivity contribution in [1.29, 1.82) is 0 Å². The molecule has 3 aromatic carbocycles. The lowest BCUT2D eigenvalue weighted by Gasteiger charge is -2.13. The van der Waals surface area contributed by atoms with Gasteiger partial charge in [-0.05, 0) is 67.1 Å². The number of halogens is 3. The minimum atomic E-state index is -4.42. The second kappa shape index (κ2) is 8.82. The predicted molar refractivity (Wildman–Crippen MR) is 122 cm³/mol. The molecular formula is C25H20F3N3O2. The van der Waals surface area contributed by atoms with E-state index in [9.17, 15) is 18.0 Å². The van der Waals surface area contributed by atoms with Crippen LogP contribution >= 0.6 is 0 Å². The molecule has 0 saturated carbocycles. The van der Waals surface area contributed by atoms with E-state index in [-0.39, 0.29) is 11.6 Å². The van der Waals surface area contributed by atoms with Crippen molar-refractivity contribution in [1.82, 2.24) is 4.98 Å². The number of anilines is 3. The number of carbonyl (C=O) groups is 1. The molecule has 2 N–H and O–H groups in total. The summed E-state index contributed by atoms with van der Waals surface area (Å²) < 4.78 is 44.2. The van der Waals surface area contributed by atoms with Gasteiger partial charge in [0.25, 0.3) is 5.91 Å². The number of aryl methyl sites for hydroxylation is 1. The second-order valence-corrected chi connectivity index (χ2v) is 7.41. The minimum Gasteiger partial charge on any atom is -0.496 e. The van der Waals surface area contributed by atoms with Crippen LogP contribution in [-0.2, 0) is 6.18 Å². The lowest BCUT2D eigenvalue weighted by Crippen LogP contribution is -2.13. The molecule has 0 atom stereocenters. The van der Waals surface area contributed by atoms with E-state index in [0.717, 1.165) is 23.1 Å². The lowest BCUT2D eigenvalue weighted by molar-refractivity contribution is -0.137. The van der Waals surface area contributed by atoms with Crippen molar-refractivity contribution in [3.8, 4) is 5.75 Å². The highest BCUT2D eigenvalue weighted by Gasteiger charge is 2.30. The lowest BCUT2D eigenvalue weighted by atomic mass is 10.1. The quantitative estimate of drug-likeness (QED) is 0.360. The highest BCUT2D eigenvalue weighted by molar-refractivity contribution is 6.07. The summed E-state index contributed by atoms with van der Waals surface area (Å²) in [7, 11) is 1.50. The van der Waals surface area contributed by atoms with Crippen LogP contribution in [-0.4, -0.2) is 18.0 Å². The molecule has 33 heavy (non-hydrogen) atoms. The van der Waals surface area contributed by atoms with E-state index in [0.29, 0.717) is 28.3 Å². The van der Waals surface area contributed by atoms with Gasteiger partial charge in [0, 0.05) is 16.8 Å². The van der Waals surface area contributed by atoms with Crippen LogP contribution in [0.2, 0.25) is 0 Å². The van der Waals surface area contributed by atoms with E-state index < -0.39 is 11.7 Å². The molecule has 0 radical (unpaired) electrons. The van der Waals surface area contributed by atoms with Crippen LogP contribution < -0.4 is 15.4 Å². The average Bonchev–Trinajstić information content (AvgIpc) is 2.79. The Morgan fingerprint density at radius 3 is 2.48 bits per heavy atom. The predicted octanol–water partition coefficient (Wildman–Crippen LogP) is 6.57. The van der Waals surface area contributed by atoms with Gasteiger partial charge in [-0.25, -0.2) is 4.98 Å². The van der Waals surface area contributed by atoms with Crippen LogP contribution in [0.25, 0.3) is 10.9 Å². The summed E-state index contributed by atoms with van der Waals surface area (Å²) in [6.07, 6.45) is -4.42. The van der Waals surface area contributed by atoms with Gasteiger partial charge in [0.05, 0.1) is 23.8 Å². The van der Waals surface area contributed by atoms with Crippen molar-refractivity contribution in [3.05, 3.63) is 89.5 Å². The first kappa shape index (κ1) is 22.1. The van der Waals surface area contributed by atoms with Crippen LogP contribution in [0, 0.1) is 6.92 Å². The van der Waals surface area contributed by atoms with E-state index >= 15 is 0 Å². The minimum absolute atomic E-state index is 0.289. The molecule has 0 aliphatic carbocycles. The van der Waals surface area contributed by atoms with Gasteiger partial charge in [0.15, 0.2) is 0 Å². The summed E-state index contributed by atoms with van der Waals surface area (Å²) in [6, 6.07) is 18.9. The Balaban J connectivity index is 1.58. The fourth-order valence-corrected chi connectivity index (χ4v) is 3.49. The molecule has 0 fully saturated rings. The Hall–Kier alpha value is -4.07. The maximum absolute atomic E-state index is 13.0. The number of hydrogen-bond donors (Lipinski definition) is 2. The molecule has 1 aromatic heterocycles. The van der Waals surface area contributed by atoms with Gasteiger partial charge in [-0.3, -0.25) is 4.79 Å². The van der Waals surface area contributed by atoms with Crippen molar-refractivity contribution in [2.45, 2.75) is 13.1 Å². The fraction of sp³-hybridized carbons (Fsp3) is 0.120. The molecule has 4 aromatic rings. The number of para-hydroxylation sites is 1. The van der Waals surface area contributed by atoms with Gasteiger partial charge in [-0.15, -0.1) is 0 Å². The molecule has 168 valence electrons. The highest BCUT2D eigenvalue weighted by atomic mass is 19.4. The van der Waals surface area contributed by atoms with Crippen LogP contribution in [0.5, 0.6) is 5.75 Å². The monoisotopic (exact) mass is 451 g/mol. The number of alkyl halides is 3. The normalized spacial score (nSPS) is 11.3. The molecule has 0 bridgehead atoms. The number of aromatic nitrogens is 1. The Bertz CT molecular complexity index is 1340. The molecule has 0 saturated heterocycles. The van der Waals surface area contributed by atoms with Crippen molar-refractivity contribution in [3.63, 3.8) is 0 Å². The van der Waals surface area contributed by atoms with E-state index in [1.165, 1.54) is 13.2 Å². The van der Waals surface area contributed by atoms with Crippen molar-refractivity contribution >= 4 is 34.0 Å². The van der Waals surface area contributed by atoms with Gasteiger partial charge < -0.3 is 15.4 Å². The topological polar surface area (TPSA) is 63.2 Å². The number of carbonyl (C=O) groups excluding carboxylic acids is 1. The third kappa shape index (κ3) is 4.90. The Morgan fingerprint density at radius 2 is 1.73 bits per heavy atom. The zero-order valence-electron chi connectivity index (χ0n) is 17.8. The number of nitrogens with zero attached hydrogens (tertiary/aromatic N) is 1. The second-order valence-electron chi connectivity index (χ2n) is 7.41. The fourth-order valence-electron chi connectivity index (χ4n) is 3.49. The number of amides is 1. The molecular weight excluding hydrogens is 431 g/mol. The number of methoxy groups -OCH3 is 1. The molecule has 4 rings (SSSR count). The van der Waals surface area contributed by atoms with E-state index in [2.05, 4.69) is 15.6 Å². The van der Waals surface area contributed by atoms with E-state index in [1.54, 1.807) is 54.6 Å². The number of nitrogens with one attached hydrogen (secondary N) is 2. The third-order valence-electron chi connectivity index (χ3n) is 5.09. The van der Waals surface area contributed by atoms with Gasteiger partial charge in [-0.2, -0.15) is 13.2 Å². The van der Waals surface area contributed by atoms with Gasteiger partial charge in [0.1, 0.15) is 11.6 Å². The van der Waals surface area contributed by atoms with Crippen molar-refractivity contribution in [2.24, 2.45) is 0 Å². The Morgan fingerprint density at radius 1 is 0.939 bits per heavy atom. The first-order valence-electron chi connectivity index (χ1n) is 10.0. The summed E-state index contributed by atoms with van der Waals surface area (Å²) in [5.41, 5.74) is 2.04. The van der Waals surface area contributed by atoms with E-state index in [4.69, 9.17) is 4.74 Å². The molecule has 0 unspecified atom stereocenters. The Labute approximate surface area is 188 Å². The van der Waals surface area contributed by atoms with Gasteiger partial charge in [-0.1, -0.05) is 18.2 Å². The first-order chi connectivity index (χ1) is 15.7. The maximum atomic E-state index is 13.0. The molecule has 0 aliphatic heterocycles. The number of ether oxygens (including phenoxy) is 1. The number of rotatable bonds is 5. The number of hydrogen-bond acceptors (Lipinski definition) is 4. The number of fused-ring (bicyclic) bond motifs is 1. The van der Waals surface area contributed by atoms with Crippen LogP contribution in [0.4, 0.5) is 30.4 Å². The first-order valence-corrected chi connectivity index (χ1v) is 10.0. The maximum Gasteiger partial charge on any atom is 0.416 e. The average molecular weight is 451 g/mol. The molecule has 8 heteroatoms. The zero-order chi connectivity index (χ0) is 23.6. The van der Waals surface area contributed by atoms with Gasteiger partial charge >= 0.3 is 6.18 Å². The van der Waals surface area contributed by atoms with Crippen LogP contribution in [0.1, 0.15) is 21.5 Å². The zero-order valence-corrected chi connectivity index (χ0v) is 17.8. The molecule has 1 heterocycles. The number of pyridine rings is 1. The van der Waals surface area contributed by atoms with Crippen molar-refractivity contribution in [2.75, 3.05) is 17.7 Å². The van der Waals surface area contributed by atoms with Gasteiger partial charge in [0.2, 0.25) is 0 Å². The highest BCUT2D eigenvalue weighted by Crippen LogP contribution is 2.32. The van der Waals surface area contributed by atoms with Crippen LogP contribution in [0.3, 0.4) is 0 Å². The SMILES string of the molecule is COc1ccccc1C(=O)Nc1ccc2nc(Nc3cccc(C(F)(F)F)c3)cc(C)c2c1.